The van der Waals surface area contributed by atoms with Crippen LogP contribution in [0, 0.1) is 5.82 Å². The summed E-state index contributed by atoms with van der Waals surface area (Å²) in [5.74, 6) is -0.950. The molecule has 10 nitrogen and oxygen atoms in total. The molecule has 40 heavy (non-hydrogen) atoms. The molecule has 0 saturated carbocycles. The van der Waals surface area contributed by atoms with E-state index in [4.69, 9.17) is 4.74 Å². The van der Waals surface area contributed by atoms with Crippen molar-refractivity contribution in [2.45, 2.75) is 25.1 Å². The molecule has 2 amide bonds. The lowest BCUT2D eigenvalue weighted by Crippen LogP contribution is -2.42. The van der Waals surface area contributed by atoms with Crippen LogP contribution in [0.4, 0.5) is 34.8 Å². The van der Waals surface area contributed by atoms with Crippen LogP contribution in [0.3, 0.4) is 0 Å². The van der Waals surface area contributed by atoms with Gasteiger partial charge in [0.1, 0.15) is 42.0 Å². The number of anilines is 3. The van der Waals surface area contributed by atoms with E-state index in [2.05, 4.69) is 20.3 Å². The van der Waals surface area contributed by atoms with Crippen molar-refractivity contribution < 1.29 is 31.9 Å². The van der Waals surface area contributed by atoms with Gasteiger partial charge in [0.25, 0.3) is 5.91 Å². The number of aromatic nitrogens is 5. The third-order valence-corrected chi connectivity index (χ3v) is 6.42. The van der Waals surface area contributed by atoms with Crippen molar-refractivity contribution in [2.75, 3.05) is 23.5 Å². The highest BCUT2D eigenvalue weighted by Crippen LogP contribution is 2.37. The minimum atomic E-state index is -4.71. The Balaban J connectivity index is 1.47. The summed E-state index contributed by atoms with van der Waals surface area (Å²) in [6.07, 6.45) is 0.103. The van der Waals surface area contributed by atoms with Crippen LogP contribution in [0.2, 0.25) is 0 Å². The van der Waals surface area contributed by atoms with Crippen LogP contribution >= 0.6 is 0 Å². The number of alkyl halides is 3. The number of benzene rings is 2. The summed E-state index contributed by atoms with van der Waals surface area (Å²) in [6.45, 7) is -1.57. The summed E-state index contributed by atoms with van der Waals surface area (Å²) >= 11 is 0. The molecule has 0 aliphatic carbocycles. The zero-order chi connectivity index (χ0) is 28.4. The summed E-state index contributed by atoms with van der Waals surface area (Å²) < 4.78 is 61.5. The number of carbonyl (C=O) groups is 2. The number of carbonyl (C=O) groups excluding carboxylic acids is 2. The maximum Gasteiger partial charge on any atom is 0.406 e. The van der Waals surface area contributed by atoms with E-state index in [-0.39, 0.29) is 24.1 Å². The zero-order valence-electron chi connectivity index (χ0n) is 20.9. The van der Waals surface area contributed by atoms with Crippen LogP contribution in [0.15, 0.2) is 61.2 Å². The molecule has 206 valence electrons. The van der Waals surface area contributed by atoms with Crippen LogP contribution < -0.4 is 14.5 Å². The Morgan fingerprint density at radius 2 is 2.02 bits per heavy atom. The van der Waals surface area contributed by atoms with Crippen LogP contribution in [0.1, 0.15) is 18.0 Å². The lowest BCUT2D eigenvalue weighted by molar-refractivity contribution is -0.134. The van der Waals surface area contributed by atoms with E-state index >= 15 is 0 Å². The van der Waals surface area contributed by atoms with E-state index < -0.39 is 30.5 Å². The van der Waals surface area contributed by atoms with Crippen molar-refractivity contribution in [3.05, 3.63) is 72.6 Å². The Labute approximate surface area is 224 Å². The summed E-state index contributed by atoms with van der Waals surface area (Å²) in [7, 11) is 1.42. The molecule has 3 heterocycles. The van der Waals surface area contributed by atoms with Gasteiger partial charge in [0.2, 0.25) is 6.41 Å². The van der Waals surface area contributed by atoms with E-state index in [0.29, 0.717) is 39.8 Å². The molecule has 4 aromatic rings. The minimum absolute atomic E-state index is 0.0133. The number of halogens is 4. The lowest BCUT2D eigenvalue weighted by Gasteiger charge is -2.26. The average molecular weight is 555 g/mol. The summed E-state index contributed by atoms with van der Waals surface area (Å²) in [6, 6.07) is 8.95. The first kappa shape index (κ1) is 26.7. The molecule has 0 radical (unpaired) electrons. The molecule has 1 atom stereocenters. The van der Waals surface area contributed by atoms with Crippen LogP contribution in [0.25, 0.3) is 11.3 Å². The number of hydrogen-bond acceptors (Lipinski definition) is 7. The second kappa shape index (κ2) is 10.7. The molecule has 0 bridgehead atoms. The fraction of sp³-hybridized carbons (Fsp3) is 0.231. The molecule has 5 rings (SSSR count). The van der Waals surface area contributed by atoms with Gasteiger partial charge in [0.15, 0.2) is 0 Å². The first-order valence-electron chi connectivity index (χ1n) is 12.0. The van der Waals surface area contributed by atoms with Gasteiger partial charge in [-0.3, -0.25) is 14.5 Å². The Bertz CT molecular complexity index is 1550. The van der Waals surface area contributed by atoms with Gasteiger partial charge < -0.3 is 9.64 Å². The monoisotopic (exact) mass is 555 g/mol. The molecule has 1 aliphatic rings. The molecule has 0 fully saturated rings. The second-order valence-corrected chi connectivity index (χ2v) is 8.84. The molecule has 2 aromatic carbocycles. The van der Waals surface area contributed by atoms with Crippen molar-refractivity contribution in [1.29, 1.82) is 0 Å². The van der Waals surface area contributed by atoms with Gasteiger partial charge in [-0.05, 0) is 43.2 Å². The highest BCUT2D eigenvalue weighted by Gasteiger charge is 2.40. The van der Waals surface area contributed by atoms with Crippen molar-refractivity contribution >= 4 is 29.5 Å². The second-order valence-electron chi connectivity index (χ2n) is 8.84. The van der Waals surface area contributed by atoms with Gasteiger partial charge in [-0.25, -0.2) is 19.0 Å². The van der Waals surface area contributed by atoms with Crippen molar-refractivity contribution in [3.8, 4) is 17.0 Å². The number of fused-ring (bicyclic) bond motifs is 1. The van der Waals surface area contributed by atoms with E-state index in [1.807, 2.05) is 0 Å². The highest BCUT2D eigenvalue weighted by molar-refractivity contribution is 5.97. The van der Waals surface area contributed by atoms with Crippen molar-refractivity contribution in [2.24, 2.45) is 0 Å². The van der Waals surface area contributed by atoms with Crippen LogP contribution in [-0.2, 0) is 16.0 Å². The van der Waals surface area contributed by atoms with E-state index in [1.165, 1.54) is 47.5 Å². The van der Waals surface area contributed by atoms with Crippen LogP contribution in [0.5, 0.6) is 5.75 Å². The molecular formula is C26H21F4N7O3. The number of hydrogen-bond donors (Lipinski definition) is 0. The summed E-state index contributed by atoms with van der Waals surface area (Å²) in [5.41, 5.74) is 1.10. The molecule has 1 aliphatic heterocycles. The number of amides is 2. The Morgan fingerprint density at radius 1 is 1.20 bits per heavy atom. The van der Waals surface area contributed by atoms with Gasteiger partial charge >= 0.3 is 6.18 Å². The molecular weight excluding hydrogens is 534 g/mol. The quantitative estimate of drug-likeness (QED) is 0.248. The van der Waals surface area contributed by atoms with E-state index in [9.17, 15) is 27.2 Å². The number of nitrogens with zero attached hydrogens (tertiary/aromatic N) is 7. The van der Waals surface area contributed by atoms with Gasteiger partial charge in [-0.1, -0.05) is 17.3 Å². The van der Waals surface area contributed by atoms with Gasteiger partial charge in [-0.15, -0.1) is 5.10 Å². The molecule has 14 heteroatoms. The van der Waals surface area contributed by atoms with Crippen molar-refractivity contribution in [1.82, 2.24) is 25.0 Å². The number of methoxy groups -OCH3 is 1. The highest BCUT2D eigenvalue weighted by atomic mass is 19.4. The maximum atomic E-state index is 14.5. The van der Waals surface area contributed by atoms with Gasteiger partial charge in [-0.2, -0.15) is 13.2 Å². The topological polar surface area (TPSA) is 106 Å². The number of ether oxygens (including phenoxy) is 1. The third kappa shape index (κ3) is 5.19. The fourth-order valence-corrected chi connectivity index (χ4v) is 4.60. The molecule has 1 unspecified atom stereocenters. The summed E-state index contributed by atoms with van der Waals surface area (Å²) in [4.78, 5) is 34.9. The Hall–Kier alpha value is -4.88. The molecule has 0 N–H and O–H groups in total. The van der Waals surface area contributed by atoms with Crippen LogP contribution in [-0.4, -0.2) is 57.1 Å². The zero-order valence-corrected chi connectivity index (χ0v) is 20.9. The SMILES string of the molecule is COc1cc(-c2cn(C3CCc4c(F)cccc4N(CC(F)(F)F)C3=O)nn2)ccc1N(C=O)c1ccncn1. The average Bonchev–Trinajstić information content (AvgIpc) is 3.38. The lowest BCUT2D eigenvalue weighted by atomic mass is 10.1. The smallest absolute Gasteiger partial charge is 0.406 e. The summed E-state index contributed by atoms with van der Waals surface area (Å²) in [5, 5.41) is 8.13. The van der Waals surface area contributed by atoms with Crippen molar-refractivity contribution in [3.63, 3.8) is 0 Å². The first-order valence-corrected chi connectivity index (χ1v) is 12.0. The minimum Gasteiger partial charge on any atom is -0.495 e. The van der Waals surface area contributed by atoms with Gasteiger partial charge in [0, 0.05) is 17.3 Å². The van der Waals surface area contributed by atoms with E-state index in [1.54, 1.807) is 24.3 Å². The normalized spacial score (nSPS) is 15.4. The Kier molecular flexibility index (Phi) is 7.15. The third-order valence-electron chi connectivity index (χ3n) is 6.42. The predicted molar refractivity (Wildman–Crippen MR) is 134 cm³/mol. The maximum absolute atomic E-state index is 14.5. The Morgan fingerprint density at radius 3 is 2.73 bits per heavy atom. The standard InChI is InChI=1S/C26H21F4N7O3/c1-40-23-11-16(5-7-21(23)36(15-38)24-9-10-31-14-32-24)19-12-37(34-33-19)22-8-6-17-18(27)3-2-4-20(17)35(25(22)39)13-26(28,29)30/h2-5,7,9-12,14-15,22H,6,8,13H2,1H3. The largest absolute Gasteiger partial charge is 0.495 e. The predicted octanol–water partition coefficient (Wildman–Crippen LogP) is 4.26. The number of rotatable bonds is 7. The van der Waals surface area contributed by atoms with Gasteiger partial charge in [0.05, 0.1) is 24.7 Å². The molecule has 2 aromatic heterocycles. The first-order chi connectivity index (χ1) is 19.2. The molecule has 0 saturated heterocycles. The fourth-order valence-electron chi connectivity index (χ4n) is 4.60. The van der Waals surface area contributed by atoms with E-state index in [0.717, 1.165) is 6.07 Å². The molecule has 0 spiro atoms.